The highest BCUT2D eigenvalue weighted by Crippen LogP contribution is 2.28. The summed E-state index contributed by atoms with van der Waals surface area (Å²) >= 11 is 0. The molecule has 0 aliphatic heterocycles. The summed E-state index contributed by atoms with van der Waals surface area (Å²) in [7, 11) is 1.65. The van der Waals surface area contributed by atoms with Crippen LogP contribution in [0.2, 0.25) is 0 Å². The second-order valence-electron chi connectivity index (χ2n) is 5.47. The van der Waals surface area contributed by atoms with Crippen molar-refractivity contribution in [3.05, 3.63) is 53.6 Å². The van der Waals surface area contributed by atoms with Gasteiger partial charge >= 0.3 is 0 Å². The highest BCUT2D eigenvalue weighted by atomic mass is 16.5. The van der Waals surface area contributed by atoms with E-state index in [1.165, 1.54) is 0 Å². The molecule has 1 aromatic carbocycles. The highest BCUT2D eigenvalue weighted by Gasteiger charge is 2.15. The van der Waals surface area contributed by atoms with E-state index >= 15 is 0 Å². The van der Waals surface area contributed by atoms with Gasteiger partial charge in [-0.25, -0.2) is 4.68 Å². The molecule has 120 valence electrons. The SMILES string of the molecule is COc1ccc(COc2nn(C3=CCCC=C3)c(N)c2C)cc1. The monoisotopic (exact) mass is 311 g/mol. The Balaban J connectivity index is 1.75. The van der Waals surface area contributed by atoms with Crippen molar-refractivity contribution in [1.29, 1.82) is 0 Å². The van der Waals surface area contributed by atoms with Gasteiger partial charge in [-0.05, 0) is 43.5 Å². The Kier molecular flexibility index (Phi) is 4.37. The second-order valence-corrected chi connectivity index (χ2v) is 5.47. The fourth-order valence-corrected chi connectivity index (χ4v) is 2.45. The number of benzene rings is 1. The third kappa shape index (κ3) is 3.23. The van der Waals surface area contributed by atoms with Crippen LogP contribution in [0.15, 0.2) is 42.5 Å². The summed E-state index contributed by atoms with van der Waals surface area (Å²) in [6.45, 7) is 2.37. The smallest absolute Gasteiger partial charge is 0.238 e. The van der Waals surface area contributed by atoms with Crippen molar-refractivity contribution in [1.82, 2.24) is 9.78 Å². The lowest BCUT2D eigenvalue weighted by Gasteiger charge is -2.08. The summed E-state index contributed by atoms with van der Waals surface area (Å²) in [6, 6.07) is 7.77. The molecule has 0 unspecified atom stereocenters. The van der Waals surface area contributed by atoms with E-state index < -0.39 is 0 Å². The lowest BCUT2D eigenvalue weighted by Crippen LogP contribution is -2.04. The van der Waals surface area contributed by atoms with Crippen LogP contribution >= 0.6 is 0 Å². The Morgan fingerprint density at radius 3 is 2.65 bits per heavy atom. The number of aromatic nitrogens is 2. The molecule has 5 heteroatoms. The molecule has 0 amide bonds. The fraction of sp³-hybridized carbons (Fsp3) is 0.278. The van der Waals surface area contributed by atoms with E-state index in [1.807, 2.05) is 37.3 Å². The van der Waals surface area contributed by atoms with E-state index in [2.05, 4.69) is 17.3 Å². The molecule has 0 atom stereocenters. The third-order valence-corrected chi connectivity index (χ3v) is 3.88. The number of allylic oxidation sites excluding steroid dienone is 4. The molecule has 1 aromatic heterocycles. The standard InChI is InChI=1S/C18H21N3O2/c1-13-17(19)21(15-6-4-3-5-7-15)20-18(13)23-12-14-8-10-16(22-2)11-9-14/h4,6-11H,3,5,12,19H2,1-2H3. The molecular formula is C18H21N3O2. The number of nitrogen functional groups attached to an aromatic ring is 1. The van der Waals surface area contributed by atoms with E-state index in [4.69, 9.17) is 15.2 Å². The Hall–Kier alpha value is -2.69. The fourth-order valence-electron chi connectivity index (χ4n) is 2.45. The molecule has 2 aromatic rings. The predicted octanol–water partition coefficient (Wildman–Crippen LogP) is 3.55. The lowest BCUT2D eigenvalue weighted by atomic mass is 10.1. The molecular weight excluding hydrogens is 290 g/mol. The van der Waals surface area contributed by atoms with Crippen LogP contribution in [0.4, 0.5) is 5.82 Å². The van der Waals surface area contributed by atoms with Crippen LogP contribution in [0, 0.1) is 6.92 Å². The summed E-state index contributed by atoms with van der Waals surface area (Å²) in [5, 5.41) is 4.51. The Bertz CT molecular complexity index is 742. The molecule has 1 aliphatic carbocycles. The van der Waals surface area contributed by atoms with Crippen LogP contribution in [0.1, 0.15) is 24.0 Å². The van der Waals surface area contributed by atoms with Crippen molar-refractivity contribution < 1.29 is 9.47 Å². The topological polar surface area (TPSA) is 62.3 Å². The molecule has 0 saturated carbocycles. The first-order valence-corrected chi connectivity index (χ1v) is 7.67. The molecule has 0 saturated heterocycles. The van der Waals surface area contributed by atoms with E-state index in [9.17, 15) is 0 Å². The van der Waals surface area contributed by atoms with Crippen molar-refractivity contribution in [2.45, 2.75) is 26.4 Å². The zero-order valence-corrected chi connectivity index (χ0v) is 13.5. The van der Waals surface area contributed by atoms with E-state index in [-0.39, 0.29) is 0 Å². The number of nitrogens with zero attached hydrogens (tertiary/aromatic N) is 2. The van der Waals surface area contributed by atoms with Crippen molar-refractivity contribution in [3.8, 4) is 11.6 Å². The molecule has 0 fully saturated rings. The normalized spacial score (nSPS) is 13.7. The number of hydrogen-bond donors (Lipinski definition) is 1. The minimum atomic E-state index is 0.441. The molecule has 0 bridgehead atoms. The molecule has 1 heterocycles. The number of anilines is 1. The summed E-state index contributed by atoms with van der Waals surface area (Å²) in [5.41, 5.74) is 9.08. The van der Waals surface area contributed by atoms with Crippen LogP contribution in [-0.2, 0) is 6.61 Å². The van der Waals surface area contributed by atoms with Gasteiger partial charge in [-0.15, -0.1) is 5.10 Å². The maximum atomic E-state index is 6.17. The zero-order valence-electron chi connectivity index (χ0n) is 13.5. The van der Waals surface area contributed by atoms with Crippen LogP contribution in [0.3, 0.4) is 0 Å². The van der Waals surface area contributed by atoms with E-state index in [0.717, 1.165) is 35.4 Å². The summed E-state index contributed by atoms with van der Waals surface area (Å²) in [4.78, 5) is 0. The summed E-state index contributed by atoms with van der Waals surface area (Å²) in [6.07, 6.45) is 8.37. The number of methoxy groups -OCH3 is 1. The molecule has 5 nitrogen and oxygen atoms in total. The summed E-state index contributed by atoms with van der Waals surface area (Å²) in [5.74, 6) is 2.01. The molecule has 0 spiro atoms. The molecule has 1 aliphatic rings. The van der Waals surface area contributed by atoms with Crippen LogP contribution < -0.4 is 15.2 Å². The van der Waals surface area contributed by atoms with Gasteiger partial charge in [-0.2, -0.15) is 0 Å². The van der Waals surface area contributed by atoms with Gasteiger partial charge < -0.3 is 15.2 Å². The second kappa shape index (κ2) is 6.60. The van der Waals surface area contributed by atoms with Gasteiger partial charge in [-0.1, -0.05) is 24.3 Å². The van der Waals surface area contributed by atoms with Gasteiger partial charge in [0.25, 0.3) is 0 Å². The van der Waals surface area contributed by atoms with Crippen molar-refractivity contribution in [2.75, 3.05) is 12.8 Å². The predicted molar refractivity (Wildman–Crippen MR) is 91.3 cm³/mol. The Labute approximate surface area is 136 Å². The summed E-state index contributed by atoms with van der Waals surface area (Å²) < 4.78 is 12.7. The van der Waals surface area contributed by atoms with Gasteiger partial charge in [0.1, 0.15) is 18.2 Å². The highest BCUT2D eigenvalue weighted by molar-refractivity contribution is 5.64. The van der Waals surface area contributed by atoms with Crippen molar-refractivity contribution in [2.24, 2.45) is 0 Å². The third-order valence-electron chi connectivity index (χ3n) is 3.88. The van der Waals surface area contributed by atoms with E-state index in [1.54, 1.807) is 11.8 Å². The average molecular weight is 311 g/mol. The minimum Gasteiger partial charge on any atom is -0.497 e. The molecule has 2 N–H and O–H groups in total. The quantitative estimate of drug-likeness (QED) is 0.917. The minimum absolute atomic E-state index is 0.441. The average Bonchev–Trinajstić information content (AvgIpc) is 2.89. The van der Waals surface area contributed by atoms with Crippen LogP contribution in [0.25, 0.3) is 5.70 Å². The molecule has 0 radical (unpaired) electrons. The van der Waals surface area contributed by atoms with Crippen molar-refractivity contribution >= 4 is 11.5 Å². The zero-order chi connectivity index (χ0) is 16.2. The lowest BCUT2D eigenvalue weighted by molar-refractivity contribution is 0.290. The first-order chi connectivity index (χ1) is 11.2. The van der Waals surface area contributed by atoms with Gasteiger partial charge in [0, 0.05) is 0 Å². The first kappa shape index (κ1) is 15.2. The number of rotatable bonds is 5. The molecule has 3 rings (SSSR count). The van der Waals surface area contributed by atoms with Crippen LogP contribution in [-0.4, -0.2) is 16.9 Å². The van der Waals surface area contributed by atoms with E-state index in [0.29, 0.717) is 18.3 Å². The number of ether oxygens (including phenoxy) is 2. The van der Waals surface area contributed by atoms with Crippen LogP contribution in [0.5, 0.6) is 11.6 Å². The van der Waals surface area contributed by atoms with Gasteiger partial charge in [0.05, 0.1) is 18.4 Å². The number of nitrogens with two attached hydrogens (primary N) is 1. The van der Waals surface area contributed by atoms with Gasteiger partial charge in [-0.3, -0.25) is 0 Å². The number of hydrogen-bond acceptors (Lipinski definition) is 4. The Morgan fingerprint density at radius 2 is 2.00 bits per heavy atom. The van der Waals surface area contributed by atoms with Gasteiger partial charge in [0.15, 0.2) is 0 Å². The Morgan fingerprint density at radius 1 is 1.22 bits per heavy atom. The van der Waals surface area contributed by atoms with Crippen molar-refractivity contribution in [3.63, 3.8) is 0 Å². The largest absolute Gasteiger partial charge is 0.497 e. The molecule has 23 heavy (non-hydrogen) atoms. The maximum Gasteiger partial charge on any atom is 0.238 e. The maximum absolute atomic E-state index is 6.17. The van der Waals surface area contributed by atoms with Gasteiger partial charge in [0.2, 0.25) is 5.88 Å². The first-order valence-electron chi connectivity index (χ1n) is 7.67.